The van der Waals surface area contributed by atoms with E-state index >= 15 is 0 Å². The Kier molecular flexibility index (Phi) is 3.65. The number of carbonyl (C=O) groups is 1. The molecule has 4 heteroatoms. The van der Waals surface area contributed by atoms with Gasteiger partial charge in [0.15, 0.2) is 0 Å². The fraction of sp³-hybridized carbons (Fsp3) is 0.889. The highest BCUT2D eigenvalue weighted by atomic mass is 35.5. The second-order valence-corrected chi connectivity index (χ2v) is 4.10. The topological polar surface area (TPSA) is 17.1 Å². The number of rotatable bonds is 3. The van der Waals surface area contributed by atoms with Gasteiger partial charge in [-0.25, -0.2) is 0 Å². The van der Waals surface area contributed by atoms with E-state index in [1.807, 2.05) is 0 Å². The number of hydrogen-bond acceptors (Lipinski definition) is 1. The Morgan fingerprint density at radius 2 is 1.85 bits per heavy atom. The summed E-state index contributed by atoms with van der Waals surface area (Å²) in [6, 6.07) is 0. The standard InChI is InChI=1S/C9H13ClF2O/c10-9(11,12)8(13)6-7-4-2-1-3-5-7/h7H,1-6H2. The van der Waals surface area contributed by atoms with Crippen LogP contribution in [0, 0.1) is 5.92 Å². The molecule has 13 heavy (non-hydrogen) atoms. The summed E-state index contributed by atoms with van der Waals surface area (Å²) in [6.07, 6.45) is 4.97. The largest absolute Gasteiger partial charge is 0.380 e. The Bertz CT molecular complexity index is 183. The Balaban J connectivity index is 2.35. The number of ketones is 1. The van der Waals surface area contributed by atoms with E-state index in [9.17, 15) is 13.6 Å². The summed E-state index contributed by atoms with van der Waals surface area (Å²) in [5.41, 5.74) is 0. The molecule has 0 aromatic rings. The van der Waals surface area contributed by atoms with Crippen LogP contribution in [0.5, 0.6) is 0 Å². The van der Waals surface area contributed by atoms with E-state index in [1.165, 1.54) is 0 Å². The van der Waals surface area contributed by atoms with Gasteiger partial charge in [0.05, 0.1) is 0 Å². The molecule has 1 rings (SSSR count). The van der Waals surface area contributed by atoms with E-state index in [4.69, 9.17) is 0 Å². The van der Waals surface area contributed by atoms with Crippen molar-refractivity contribution >= 4 is 17.4 Å². The van der Waals surface area contributed by atoms with Gasteiger partial charge < -0.3 is 0 Å². The predicted octanol–water partition coefficient (Wildman–Crippen LogP) is 3.36. The lowest BCUT2D eigenvalue weighted by atomic mass is 9.86. The average Bonchev–Trinajstić information content (AvgIpc) is 2.04. The van der Waals surface area contributed by atoms with Gasteiger partial charge in [0.1, 0.15) is 0 Å². The van der Waals surface area contributed by atoms with Crippen molar-refractivity contribution in [2.24, 2.45) is 5.92 Å². The highest BCUT2D eigenvalue weighted by Crippen LogP contribution is 2.30. The normalized spacial score (nSPS) is 20.2. The maximum absolute atomic E-state index is 12.3. The molecule has 0 spiro atoms. The third kappa shape index (κ3) is 3.59. The van der Waals surface area contributed by atoms with Gasteiger partial charge >= 0.3 is 5.38 Å². The molecule has 76 valence electrons. The maximum atomic E-state index is 12.3. The molecule has 1 aliphatic rings. The van der Waals surface area contributed by atoms with E-state index in [1.54, 1.807) is 0 Å². The van der Waals surface area contributed by atoms with E-state index in [0.29, 0.717) is 0 Å². The van der Waals surface area contributed by atoms with Crippen molar-refractivity contribution in [3.63, 3.8) is 0 Å². The van der Waals surface area contributed by atoms with Crippen molar-refractivity contribution in [2.75, 3.05) is 0 Å². The number of Topliss-reactive ketones (excluding diaryl/α,β-unsaturated/α-hetero) is 1. The van der Waals surface area contributed by atoms with Gasteiger partial charge in [0, 0.05) is 6.42 Å². The summed E-state index contributed by atoms with van der Waals surface area (Å²) in [4.78, 5) is 10.9. The summed E-state index contributed by atoms with van der Waals surface area (Å²) in [6.45, 7) is 0. The molecule has 0 radical (unpaired) electrons. The van der Waals surface area contributed by atoms with Gasteiger partial charge in [-0.1, -0.05) is 32.1 Å². The smallest absolute Gasteiger partial charge is 0.291 e. The van der Waals surface area contributed by atoms with Crippen LogP contribution in [-0.2, 0) is 4.79 Å². The molecular formula is C9H13ClF2O. The van der Waals surface area contributed by atoms with Crippen LogP contribution in [0.3, 0.4) is 0 Å². The summed E-state index contributed by atoms with van der Waals surface area (Å²) < 4.78 is 24.6. The van der Waals surface area contributed by atoms with Crippen LogP contribution in [-0.4, -0.2) is 11.2 Å². The molecule has 0 unspecified atom stereocenters. The molecule has 0 heterocycles. The van der Waals surface area contributed by atoms with Crippen LogP contribution in [0.2, 0.25) is 0 Å². The lowest BCUT2D eigenvalue weighted by molar-refractivity contribution is -0.134. The molecule has 1 saturated carbocycles. The van der Waals surface area contributed by atoms with Gasteiger partial charge in [0.25, 0.3) is 0 Å². The van der Waals surface area contributed by atoms with E-state index < -0.39 is 11.2 Å². The van der Waals surface area contributed by atoms with Crippen LogP contribution in [0.1, 0.15) is 38.5 Å². The quantitative estimate of drug-likeness (QED) is 0.653. The molecular weight excluding hydrogens is 198 g/mol. The molecule has 0 saturated heterocycles. The minimum Gasteiger partial charge on any atom is -0.291 e. The first-order chi connectivity index (χ1) is 6.00. The van der Waals surface area contributed by atoms with Gasteiger partial charge in [-0.2, -0.15) is 8.78 Å². The lowest BCUT2D eigenvalue weighted by Gasteiger charge is -2.21. The Labute approximate surface area is 81.4 Å². The number of halogens is 3. The SMILES string of the molecule is O=C(CC1CCCCC1)C(F)(F)Cl. The minimum absolute atomic E-state index is 0.0590. The van der Waals surface area contributed by atoms with Crippen LogP contribution >= 0.6 is 11.6 Å². The van der Waals surface area contributed by atoms with Crippen molar-refractivity contribution in [3.05, 3.63) is 0 Å². The average molecular weight is 211 g/mol. The lowest BCUT2D eigenvalue weighted by Crippen LogP contribution is -2.24. The maximum Gasteiger partial charge on any atom is 0.380 e. The van der Waals surface area contributed by atoms with Crippen molar-refractivity contribution in [3.8, 4) is 0 Å². The first-order valence-corrected chi connectivity index (χ1v) is 4.98. The zero-order valence-electron chi connectivity index (χ0n) is 7.36. The Morgan fingerprint density at radius 3 is 2.31 bits per heavy atom. The molecule has 0 aromatic heterocycles. The summed E-state index contributed by atoms with van der Waals surface area (Å²) in [7, 11) is 0. The molecule has 0 aliphatic heterocycles. The Morgan fingerprint density at radius 1 is 1.31 bits per heavy atom. The second-order valence-electron chi connectivity index (χ2n) is 3.63. The molecule has 1 fully saturated rings. The first-order valence-electron chi connectivity index (χ1n) is 4.60. The van der Waals surface area contributed by atoms with Crippen LogP contribution in [0.15, 0.2) is 0 Å². The zero-order valence-corrected chi connectivity index (χ0v) is 8.12. The van der Waals surface area contributed by atoms with Crippen molar-refractivity contribution in [2.45, 2.75) is 43.9 Å². The molecule has 1 aliphatic carbocycles. The summed E-state index contributed by atoms with van der Waals surface area (Å²) in [5, 5.41) is -3.66. The highest BCUT2D eigenvalue weighted by molar-refractivity contribution is 6.32. The highest BCUT2D eigenvalue weighted by Gasteiger charge is 2.36. The van der Waals surface area contributed by atoms with Crippen LogP contribution < -0.4 is 0 Å². The third-order valence-corrected chi connectivity index (χ3v) is 2.73. The molecule has 1 nitrogen and oxygen atoms in total. The van der Waals surface area contributed by atoms with Crippen molar-refractivity contribution in [1.29, 1.82) is 0 Å². The van der Waals surface area contributed by atoms with E-state index in [0.717, 1.165) is 32.1 Å². The van der Waals surface area contributed by atoms with E-state index in [-0.39, 0.29) is 12.3 Å². The number of hydrogen-bond donors (Lipinski definition) is 0. The third-order valence-electron chi connectivity index (χ3n) is 2.51. The van der Waals surface area contributed by atoms with Gasteiger partial charge in [-0.15, -0.1) is 0 Å². The van der Waals surface area contributed by atoms with Gasteiger partial charge in [-0.3, -0.25) is 4.79 Å². The molecule has 0 amide bonds. The van der Waals surface area contributed by atoms with Gasteiger partial charge in [0.2, 0.25) is 5.78 Å². The molecule has 0 atom stereocenters. The second kappa shape index (κ2) is 4.36. The van der Waals surface area contributed by atoms with Crippen molar-refractivity contribution in [1.82, 2.24) is 0 Å². The summed E-state index contributed by atoms with van der Waals surface area (Å²) in [5.74, 6) is -0.994. The Hall–Kier alpha value is -0.180. The van der Waals surface area contributed by atoms with E-state index in [2.05, 4.69) is 11.6 Å². The zero-order chi connectivity index (χ0) is 9.90. The van der Waals surface area contributed by atoms with Crippen LogP contribution in [0.25, 0.3) is 0 Å². The molecule has 0 N–H and O–H groups in total. The summed E-state index contributed by atoms with van der Waals surface area (Å²) >= 11 is 4.62. The number of carbonyl (C=O) groups excluding carboxylic acids is 1. The first kappa shape index (κ1) is 10.9. The van der Waals surface area contributed by atoms with Crippen LogP contribution in [0.4, 0.5) is 8.78 Å². The minimum atomic E-state index is -3.66. The predicted molar refractivity (Wildman–Crippen MR) is 47.0 cm³/mol. The fourth-order valence-corrected chi connectivity index (χ4v) is 1.85. The molecule has 0 aromatic carbocycles. The van der Waals surface area contributed by atoms with Crippen molar-refractivity contribution < 1.29 is 13.6 Å². The monoisotopic (exact) mass is 210 g/mol. The number of alkyl halides is 3. The fourth-order valence-electron chi connectivity index (χ4n) is 1.77. The van der Waals surface area contributed by atoms with Gasteiger partial charge in [-0.05, 0) is 17.5 Å². The molecule has 0 bridgehead atoms.